The van der Waals surface area contributed by atoms with Gasteiger partial charge in [-0.2, -0.15) is 0 Å². The Morgan fingerprint density at radius 2 is 2.30 bits per heavy atom. The Hall–Kier alpha value is -0.160. The summed E-state index contributed by atoms with van der Waals surface area (Å²) < 4.78 is 20.9. The molecule has 1 fully saturated rings. The highest BCUT2D eigenvalue weighted by Gasteiger charge is 2.28. The molecule has 2 rings (SSSR count). The van der Waals surface area contributed by atoms with Gasteiger partial charge < -0.3 is 10.1 Å². The summed E-state index contributed by atoms with van der Waals surface area (Å²) in [5, 5.41) is 3.54. The van der Waals surface area contributed by atoms with Crippen molar-refractivity contribution < 1.29 is 9.13 Å². The molecule has 2 nitrogen and oxygen atoms in total. The van der Waals surface area contributed by atoms with Crippen LogP contribution in [0.2, 0.25) is 5.02 Å². The monoisotopic (exact) mass is 363 g/mol. The molecule has 1 heterocycles. The van der Waals surface area contributed by atoms with Gasteiger partial charge in [-0.1, -0.05) is 24.6 Å². The minimum atomic E-state index is -0.358. The lowest BCUT2D eigenvalue weighted by Gasteiger charge is -2.32. The van der Waals surface area contributed by atoms with E-state index in [1.165, 1.54) is 0 Å². The van der Waals surface area contributed by atoms with E-state index in [-0.39, 0.29) is 23.0 Å². The average molecular weight is 365 g/mol. The Balaban J connectivity index is 2.27. The molecule has 0 saturated carbocycles. The zero-order valence-electron chi connectivity index (χ0n) is 11.6. The predicted molar refractivity (Wildman–Crippen MR) is 83.7 cm³/mol. The van der Waals surface area contributed by atoms with E-state index in [9.17, 15) is 4.39 Å². The fourth-order valence-corrected chi connectivity index (χ4v) is 3.03. The van der Waals surface area contributed by atoms with Crippen LogP contribution in [-0.2, 0) is 4.74 Å². The van der Waals surface area contributed by atoms with Gasteiger partial charge in [-0.25, -0.2) is 4.39 Å². The predicted octanol–water partition coefficient (Wildman–Crippen LogP) is 4.85. The third-order valence-corrected chi connectivity index (χ3v) is 4.86. The molecule has 1 saturated heterocycles. The van der Waals surface area contributed by atoms with Gasteiger partial charge in [0.05, 0.1) is 17.2 Å². The van der Waals surface area contributed by atoms with Crippen LogP contribution in [0.15, 0.2) is 16.6 Å². The molecule has 0 spiro atoms. The summed E-state index contributed by atoms with van der Waals surface area (Å²) in [5.74, 6) is -0.358. The molecule has 1 N–H and O–H groups in total. The molecule has 1 aliphatic rings. The minimum Gasteiger partial charge on any atom is -0.376 e. The molecule has 112 valence electrons. The van der Waals surface area contributed by atoms with E-state index in [0.717, 1.165) is 38.8 Å². The Kier molecular flexibility index (Phi) is 6.27. The third kappa shape index (κ3) is 3.73. The van der Waals surface area contributed by atoms with Crippen molar-refractivity contribution in [3.05, 3.63) is 33.0 Å². The van der Waals surface area contributed by atoms with Crippen molar-refractivity contribution >= 4 is 27.5 Å². The van der Waals surface area contributed by atoms with Gasteiger partial charge >= 0.3 is 0 Å². The van der Waals surface area contributed by atoms with E-state index >= 15 is 0 Å². The summed E-state index contributed by atoms with van der Waals surface area (Å²) in [6.07, 6.45) is 4.17. The molecule has 0 aliphatic carbocycles. The first kappa shape index (κ1) is 16.2. The number of benzene rings is 1. The largest absolute Gasteiger partial charge is 0.376 e. The number of halogens is 3. The average Bonchev–Trinajstić information content (AvgIpc) is 2.48. The van der Waals surface area contributed by atoms with Gasteiger partial charge in [-0.15, -0.1) is 0 Å². The standard InChI is InChI=1S/C15H20BrClFNO/c1-2-8-19-15(12-5-3-4-9-20-12)10-6-7-11(16)13(17)14(10)18/h6-7,12,15,19H,2-5,8-9H2,1H3. The number of rotatable bonds is 5. The third-order valence-electron chi connectivity index (χ3n) is 3.60. The summed E-state index contributed by atoms with van der Waals surface area (Å²) in [7, 11) is 0. The molecule has 0 bridgehead atoms. The maximum atomic E-state index is 14.4. The van der Waals surface area contributed by atoms with Crippen LogP contribution in [-0.4, -0.2) is 19.3 Å². The lowest BCUT2D eigenvalue weighted by atomic mass is 9.95. The molecule has 1 aromatic rings. The minimum absolute atomic E-state index is 0.0158. The SMILES string of the molecule is CCCNC(c1ccc(Br)c(Cl)c1F)C1CCCCO1. The van der Waals surface area contributed by atoms with E-state index < -0.39 is 0 Å². The van der Waals surface area contributed by atoms with E-state index in [1.807, 2.05) is 0 Å². The Morgan fingerprint density at radius 1 is 1.50 bits per heavy atom. The highest BCUT2D eigenvalue weighted by atomic mass is 79.9. The Bertz CT molecular complexity index is 452. The Morgan fingerprint density at radius 3 is 2.95 bits per heavy atom. The summed E-state index contributed by atoms with van der Waals surface area (Å²) in [4.78, 5) is 0. The first-order valence-corrected chi connectivity index (χ1v) is 8.30. The lowest BCUT2D eigenvalue weighted by Crippen LogP contribution is -2.37. The first-order chi connectivity index (χ1) is 9.65. The van der Waals surface area contributed by atoms with Crippen LogP contribution in [0.25, 0.3) is 0 Å². The summed E-state index contributed by atoms with van der Waals surface area (Å²) in [6.45, 7) is 3.68. The van der Waals surface area contributed by atoms with Crippen LogP contribution in [0.5, 0.6) is 0 Å². The molecule has 5 heteroatoms. The lowest BCUT2D eigenvalue weighted by molar-refractivity contribution is -0.00885. The van der Waals surface area contributed by atoms with Crippen molar-refractivity contribution in [3.8, 4) is 0 Å². The van der Waals surface area contributed by atoms with Crippen molar-refractivity contribution in [1.82, 2.24) is 5.32 Å². The van der Waals surface area contributed by atoms with E-state index in [0.29, 0.717) is 10.0 Å². The van der Waals surface area contributed by atoms with Gasteiger partial charge in [0.2, 0.25) is 0 Å². The fraction of sp³-hybridized carbons (Fsp3) is 0.600. The summed E-state index contributed by atoms with van der Waals surface area (Å²) in [5.41, 5.74) is 0.596. The van der Waals surface area contributed by atoms with Crippen LogP contribution in [0.4, 0.5) is 4.39 Å². The molecule has 0 amide bonds. The number of hydrogen-bond acceptors (Lipinski definition) is 2. The number of hydrogen-bond donors (Lipinski definition) is 1. The van der Waals surface area contributed by atoms with Crippen molar-refractivity contribution in [2.75, 3.05) is 13.2 Å². The molecular formula is C15H20BrClFNO. The van der Waals surface area contributed by atoms with Crippen molar-refractivity contribution in [2.45, 2.75) is 44.8 Å². The van der Waals surface area contributed by atoms with Crippen molar-refractivity contribution in [3.63, 3.8) is 0 Å². The van der Waals surface area contributed by atoms with Crippen LogP contribution >= 0.6 is 27.5 Å². The highest BCUT2D eigenvalue weighted by Crippen LogP contribution is 2.34. The van der Waals surface area contributed by atoms with Gasteiger partial charge in [0.25, 0.3) is 0 Å². The topological polar surface area (TPSA) is 21.3 Å². The number of ether oxygens (including phenoxy) is 1. The molecule has 0 aromatic heterocycles. The molecule has 1 aliphatic heterocycles. The van der Waals surface area contributed by atoms with Crippen LogP contribution in [0.1, 0.15) is 44.2 Å². The summed E-state index contributed by atoms with van der Waals surface area (Å²) in [6, 6.07) is 3.45. The molecular weight excluding hydrogens is 345 g/mol. The molecule has 1 aromatic carbocycles. The highest BCUT2D eigenvalue weighted by molar-refractivity contribution is 9.10. The van der Waals surface area contributed by atoms with Gasteiger partial charge in [0, 0.05) is 16.6 Å². The second-order valence-electron chi connectivity index (χ2n) is 5.10. The normalized spacial score (nSPS) is 20.9. The second-order valence-corrected chi connectivity index (χ2v) is 6.33. The van der Waals surface area contributed by atoms with Crippen LogP contribution in [0, 0.1) is 5.82 Å². The molecule has 0 radical (unpaired) electrons. The maximum Gasteiger partial charge on any atom is 0.147 e. The van der Waals surface area contributed by atoms with E-state index in [1.54, 1.807) is 12.1 Å². The molecule has 2 atom stereocenters. The molecule has 20 heavy (non-hydrogen) atoms. The van der Waals surface area contributed by atoms with E-state index in [4.69, 9.17) is 16.3 Å². The van der Waals surface area contributed by atoms with Gasteiger partial charge in [-0.05, 0) is 54.2 Å². The van der Waals surface area contributed by atoms with Crippen molar-refractivity contribution in [1.29, 1.82) is 0 Å². The second kappa shape index (κ2) is 7.74. The van der Waals surface area contributed by atoms with Crippen LogP contribution < -0.4 is 5.32 Å². The van der Waals surface area contributed by atoms with E-state index in [2.05, 4.69) is 28.2 Å². The Labute approximate surface area is 133 Å². The van der Waals surface area contributed by atoms with Crippen LogP contribution in [0.3, 0.4) is 0 Å². The smallest absolute Gasteiger partial charge is 0.147 e. The summed E-state index contributed by atoms with van der Waals surface area (Å²) >= 11 is 9.26. The quantitative estimate of drug-likeness (QED) is 0.754. The van der Waals surface area contributed by atoms with Gasteiger partial charge in [0.1, 0.15) is 5.82 Å². The van der Waals surface area contributed by atoms with Crippen molar-refractivity contribution in [2.24, 2.45) is 0 Å². The molecule has 2 unspecified atom stereocenters. The number of nitrogens with one attached hydrogen (secondary N) is 1. The fourth-order valence-electron chi connectivity index (χ4n) is 2.55. The zero-order chi connectivity index (χ0) is 14.5. The first-order valence-electron chi connectivity index (χ1n) is 7.13. The maximum absolute atomic E-state index is 14.4. The van der Waals surface area contributed by atoms with Gasteiger partial charge in [0.15, 0.2) is 0 Å². The van der Waals surface area contributed by atoms with Gasteiger partial charge in [-0.3, -0.25) is 0 Å². The zero-order valence-corrected chi connectivity index (χ0v) is 13.9.